The normalized spacial score (nSPS) is 13.5. The lowest BCUT2D eigenvalue weighted by Gasteiger charge is -2.07. The molecular formula is C26H35NO3. The number of carbonyl (C=O) groups excluding carboxylic acids is 2. The minimum atomic E-state index is -0.316. The number of nitrogens with zero attached hydrogens (tertiary/aromatic N) is 1. The minimum absolute atomic E-state index is 0.138. The van der Waals surface area contributed by atoms with Crippen LogP contribution in [0.25, 0.3) is 0 Å². The molecule has 0 aromatic rings. The van der Waals surface area contributed by atoms with E-state index >= 15 is 0 Å². The molecule has 0 saturated heterocycles. The largest absolute Gasteiger partial charge is 0.411 e. The van der Waals surface area contributed by atoms with Gasteiger partial charge < -0.3 is 5.21 Å². The lowest BCUT2D eigenvalue weighted by atomic mass is 9.97. The van der Waals surface area contributed by atoms with Gasteiger partial charge in [-0.2, -0.15) is 0 Å². The van der Waals surface area contributed by atoms with Gasteiger partial charge in [-0.25, -0.2) is 0 Å². The maximum atomic E-state index is 12.6. The van der Waals surface area contributed by atoms with Crippen LogP contribution in [-0.2, 0) is 9.59 Å². The third-order valence-electron chi connectivity index (χ3n) is 4.47. The zero-order chi connectivity index (χ0) is 23.1. The van der Waals surface area contributed by atoms with Gasteiger partial charge in [-0.05, 0) is 68.1 Å². The third kappa shape index (κ3) is 9.46. The van der Waals surface area contributed by atoms with Crippen LogP contribution in [0.2, 0.25) is 0 Å². The van der Waals surface area contributed by atoms with Crippen LogP contribution in [0.3, 0.4) is 0 Å². The molecule has 0 radical (unpaired) electrons. The molecule has 162 valence electrons. The zero-order valence-corrected chi connectivity index (χ0v) is 18.8. The monoisotopic (exact) mass is 409 g/mol. The van der Waals surface area contributed by atoms with Crippen LogP contribution >= 0.6 is 0 Å². The standard InChI is InChI=1S/C26H35NO3/c1-8-11-12-13-16-24(27-30)26(29)22(7)18-20(5)19(4)17-21(6)25(28)23(14-9-2)15-10-3/h9-10,14-15,17-18,30H,2,4-5,8,11-13,16H2,1,3,6-7H3/b15-10-,21-17+,22-18+,23-14+,27-24+. The SMILES string of the molecule is C=C/C=C(\C=C/C)C(=O)/C(C)=C/C(=C)C(=C)/C=C(\C)C(=O)/C(CCCCCC)=N/O. The van der Waals surface area contributed by atoms with E-state index in [-0.39, 0.29) is 17.3 Å². The zero-order valence-electron chi connectivity index (χ0n) is 18.8. The number of hydrogen-bond donors (Lipinski definition) is 1. The van der Waals surface area contributed by atoms with Crippen LogP contribution in [0.4, 0.5) is 0 Å². The van der Waals surface area contributed by atoms with Gasteiger partial charge in [0, 0.05) is 5.57 Å². The summed E-state index contributed by atoms with van der Waals surface area (Å²) in [6, 6.07) is 0. The second-order valence-electron chi connectivity index (χ2n) is 7.08. The lowest BCUT2D eigenvalue weighted by molar-refractivity contribution is -0.112. The Hall–Kier alpha value is -3.01. The van der Waals surface area contributed by atoms with Crippen LogP contribution < -0.4 is 0 Å². The topological polar surface area (TPSA) is 66.7 Å². The average molecular weight is 410 g/mol. The molecule has 4 nitrogen and oxygen atoms in total. The summed E-state index contributed by atoms with van der Waals surface area (Å²) >= 11 is 0. The number of carbonyl (C=O) groups is 2. The molecule has 0 saturated carbocycles. The third-order valence-corrected chi connectivity index (χ3v) is 4.47. The first-order valence-electron chi connectivity index (χ1n) is 10.2. The molecule has 0 aliphatic carbocycles. The summed E-state index contributed by atoms with van der Waals surface area (Å²) in [4.78, 5) is 25.1. The first kappa shape index (κ1) is 27.0. The van der Waals surface area contributed by atoms with E-state index in [1.54, 1.807) is 50.3 Å². The molecule has 0 heterocycles. The van der Waals surface area contributed by atoms with Gasteiger partial charge in [0.1, 0.15) is 5.71 Å². The van der Waals surface area contributed by atoms with Gasteiger partial charge in [-0.3, -0.25) is 9.59 Å². The molecule has 0 aliphatic rings. The second kappa shape index (κ2) is 14.9. The number of hydrogen-bond acceptors (Lipinski definition) is 4. The van der Waals surface area contributed by atoms with E-state index in [9.17, 15) is 14.8 Å². The Morgan fingerprint density at radius 2 is 1.53 bits per heavy atom. The van der Waals surface area contributed by atoms with Crippen molar-refractivity contribution in [2.24, 2.45) is 5.16 Å². The average Bonchev–Trinajstić information content (AvgIpc) is 2.72. The van der Waals surface area contributed by atoms with E-state index < -0.39 is 0 Å². The first-order chi connectivity index (χ1) is 14.2. The molecule has 0 bridgehead atoms. The van der Waals surface area contributed by atoms with Crippen molar-refractivity contribution in [2.45, 2.75) is 59.8 Å². The van der Waals surface area contributed by atoms with Crippen molar-refractivity contribution in [3.05, 3.63) is 84.1 Å². The summed E-state index contributed by atoms with van der Waals surface area (Å²) in [5.41, 5.74) is 2.61. The molecule has 0 unspecified atom stereocenters. The van der Waals surface area contributed by atoms with Crippen molar-refractivity contribution in [1.82, 2.24) is 0 Å². The Morgan fingerprint density at radius 1 is 0.967 bits per heavy atom. The van der Waals surface area contributed by atoms with E-state index in [1.807, 2.05) is 6.92 Å². The van der Waals surface area contributed by atoms with Crippen molar-refractivity contribution in [3.8, 4) is 0 Å². The molecule has 0 fully saturated rings. The minimum Gasteiger partial charge on any atom is -0.411 e. The van der Waals surface area contributed by atoms with Crippen molar-refractivity contribution >= 4 is 17.3 Å². The molecule has 0 aromatic heterocycles. The number of allylic oxidation sites excluding steroid dienone is 11. The van der Waals surface area contributed by atoms with Gasteiger partial charge in [-0.1, -0.05) is 75.4 Å². The van der Waals surface area contributed by atoms with Gasteiger partial charge >= 0.3 is 0 Å². The van der Waals surface area contributed by atoms with E-state index in [2.05, 4.69) is 31.8 Å². The molecule has 4 heteroatoms. The summed E-state index contributed by atoms with van der Waals surface area (Å²) in [7, 11) is 0. The molecule has 0 atom stereocenters. The number of rotatable bonds is 14. The summed E-state index contributed by atoms with van der Waals surface area (Å²) < 4.78 is 0. The van der Waals surface area contributed by atoms with Gasteiger partial charge in [0.25, 0.3) is 0 Å². The summed E-state index contributed by atoms with van der Waals surface area (Å²) in [5, 5.41) is 12.4. The first-order valence-corrected chi connectivity index (χ1v) is 10.2. The van der Waals surface area contributed by atoms with Gasteiger partial charge in [-0.15, -0.1) is 0 Å². The van der Waals surface area contributed by atoms with Crippen molar-refractivity contribution < 1.29 is 14.8 Å². The Kier molecular flexibility index (Phi) is 13.4. The Morgan fingerprint density at radius 3 is 2.00 bits per heavy atom. The van der Waals surface area contributed by atoms with Crippen molar-refractivity contribution in [1.29, 1.82) is 0 Å². The predicted molar refractivity (Wildman–Crippen MR) is 127 cm³/mol. The molecule has 0 aromatic carbocycles. The Labute approximate surface area is 181 Å². The molecular weight excluding hydrogens is 374 g/mol. The molecule has 0 aliphatic heterocycles. The van der Waals surface area contributed by atoms with Crippen molar-refractivity contribution in [3.63, 3.8) is 0 Å². The molecule has 0 rings (SSSR count). The van der Waals surface area contributed by atoms with E-state index in [0.717, 1.165) is 25.7 Å². The highest BCUT2D eigenvalue weighted by Crippen LogP contribution is 2.17. The lowest BCUT2D eigenvalue weighted by Crippen LogP contribution is -2.15. The van der Waals surface area contributed by atoms with E-state index in [0.29, 0.717) is 34.3 Å². The fraction of sp³-hybridized carbons (Fsp3) is 0.346. The number of unbranched alkanes of at least 4 members (excludes halogenated alkanes) is 3. The highest BCUT2D eigenvalue weighted by atomic mass is 16.4. The Bertz CT molecular complexity index is 817. The molecule has 0 spiro atoms. The summed E-state index contributed by atoms with van der Waals surface area (Å²) in [5.74, 6) is -0.454. The van der Waals surface area contributed by atoms with Crippen LogP contribution in [0.5, 0.6) is 0 Å². The maximum absolute atomic E-state index is 12.6. The summed E-state index contributed by atoms with van der Waals surface area (Å²) in [6.07, 6.45) is 14.4. The highest BCUT2D eigenvalue weighted by molar-refractivity contribution is 6.45. The van der Waals surface area contributed by atoms with E-state index in [1.165, 1.54) is 0 Å². The van der Waals surface area contributed by atoms with Gasteiger partial charge in [0.15, 0.2) is 5.78 Å². The van der Waals surface area contributed by atoms with Crippen LogP contribution in [0.15, 0.2) is 89.2 Å². The predicted octanol–water partition coefficient (Wildman–Crippen LogP) is 6.62. The number of ketones is 2. The van der Waals surface area contributed by atoms with Gasteiger partial charge in [0.2, 0.25) is 5.78 Å². The second-order valence-corrected chi connectivity index (χ2v) is 7.08. The highest BCUT2D eigenvalue weighted by Gasteiger charge is 2.15. The van der Waals surface area contributed by atoms with Crippen LogP contribution in [-0.4, -0.2) is 22.5 Å². The smallest absolute Gasteiger partial charge is 0.206 e. The molecule has 1 N–H and O–H groups in total. The number of oxime groups is 1. The fourth-order valence-corrected chi connectivity index (χ4v) is 2.74. The summed E-state index contributed by atoms with van der Waals surface area (Å²) in [6.45, 7) is 18.8. The van der Waals surface area contributed by atoms with Crippen molar-refractivity contribution in [2.75, 3.05) is 0 Å². The van der Waals surface area contributed by atoms with Gasteiger partial charge in [0.05, 0.1) is 0 Å². The van der Waals surface area contributed by atoms with Crippen LogP contribution in [0, 0.1) is 0 Å². The Balaban J connectivity index is 5.30. The number of Topliss-reactive ketones (excluding diaryl/α,β-unsaturated/α-hetero) is 2. The van der Waals surface area contributed by atoms with E-state index in [4.69, 9.17) is 0 Å². The quantitative estimate of drug-likeness (QED) is 0.0875. The van der Waals surface area contributed by atoms with Crippen LogP contribution in [0.1, 0.15) is 59.8 Å². The maximum Gasteiger partial charge on any atom is 0.206 e. The molecule has 0 amide bonds. The fourth-order valence-electron chi connectivity index (χ4n) is 2.74. The molecule has 30 heavy (non-hydrogen) atoms.